The van der Waals surface area contributed by atoms with Crippen molar-refractivity contribution in [2.24, 2.45) is 0 Å². The maximum atomic E-state index is 13.1. The Hall–Kier alpha value is -3.09. The number of carbonyl (C=O) groups excluding carboxylic acids is 1. The van der Waals surface area contributed by atoms with Crippen molar-refractivity contribution >= 4 is 54.8 Å². The number of benzene rings is 2. The van der Waals surface area contributed by atoms with Gasteiger partial charge in [0.25, 0.3) is 5.91 Å². The monoisotopic (exact) mass is 401 g/mol. The molecule has 1 amide bonds. The third kappa shape index (κ3) is 3.06. The van der Waals surface area contributed by atoms with Gasteiger partial charge in [0.15, 0.2) is 5.13 Å². The van der Waals surface area contributed by atoms with E-state index in [1.165, 1.54) is 16.9 Å². The summed E-state index contributed by atoms with van der Waals surface area (Å²) in [6.45, 7) is 2.05. The first-order chi connectivity index (χ1) is 13.7. The van der Waals surface area contributed by atoms with Gasteiger partial charge < -0.3 is 0 Å². The van der Waals surface area contributed by atoms with Gasteiger partial charge >= 0.3 is 0 Å². The number of thiophene rings is 1. The van der Waals surface area contributed by atoms with Crippen LogP contribution in [-0.4, -0.2) is 15.9 Å². The van der Waals surface area contributed by atoms with Crippen LogP contribution in [0, 0.1) is 6.92 Å². The van der Waals surface area contributed by atoms with Gasteiger partial charge in [-0.1, -0.05) is 41.7 Å². The number of anilines is 1. The molecule has 0 saturated carbocycles. The average molecular weight is 402 g/mol. The van der Waals surface area contributed by atoms with Gasteiger partial charge in [0.05, 0.1) is 31.9 Å². The van der Waals surface area contributed by atoms with E-state index in [1.54, 1.807) is 11.3 Å². The van der Waals surface area contributed by atoms with E-state index < -0.39 is 0 Å². The molecule has 0 unspecified atom stereocenters. The second-order valence-corrected chi connectivity index (χ2v) is 8.47. The number of para-hydroxylation sites is 1. The predicted octanol–water partition coefficient (Wildman–Crippen LogP) is 6.13. The van der Waals surface area contributed by atoms with Crippen LogP contribution >= 0.6 is 22.7 Å². The molecule has 4 nitrogen and oxygen atoms in total. The molecule has 5 rings (SSSR count). The van der Waals surface area contributed by atoms with Crippen molar-refractivity contribution in [1.82, 2.24) is 9.97 Å². The normalized spacial score (nSPS) is 11.2. The van der Waals surface area contributed by atoms with Crippen LogP contribution in [0.3, 0.4) is 0 Å². The Morgan fingerprint density at radius 3 is 2.71 bits per heavy atom. The van der Waals surface area contributed by atoms with Crippen molar-refractivity contribution in [3.05, 3.63) is 77.2 Å². The van der Waals surface area contributed by atoms with Crippen LogP contribution in [0.1, 0.15) is 15.9 Å². The van der Waals surface area contributed by atoms with Crippen LogP contribution in [0.2, 0.25) is 0 Å². The molecule has 0 aliphatic carbocycles. The topological polar surface area (TPSA) is 54.9 Å². The molecule has 0 fully saturated rings. The SMILES string of the molecule is Cc1ccc2nc(NC(=O)c3cc(-c4cccs4)nc4ccccc34)sc2c1. The summed E-state index contributed by atoms with van der Waals surface area (Å²) in [5, 5.41) is 6.42. The maximum Gasteiger partial charge on any atom is 0.258 e. The lowest BCUT2D eigenvalue weighted by Crippen LogP contribution is -2.12. The summed E-state index contributed by atoms with van der Waals surface area (Å²) in [6.07, 6.45) is 0. The highest BCUT2D eigenvalue weighted by molar-refractivity contribution is 7.22. The van der Waals surface area contributed by atoms with Crippen LogP contribution in [0.4, 0.5) is 5.13 Å². The lowest BCUT2D eigenvalue weighted by molar-refractivity contribution is 0.102. The molecule has 0 radical (unpaired) electrons. The number of rotatable bonds is 3. The molecule has 0 saturated heterocycles. The summed E-state index contributed by atoms with van der Waals surface area (Å²) in [4.78, 5) is 23.4. The Morgan fingerprint density at radius 2 is 1.86 bits per heavy atom. The van der Waals surface area contributed by atoms with E-state index in [0.29, 0.717) is 10.7 Å². The number of fused-ring (bicyclic) bond motifs is 2. The van der Waals surface area contributed by atoms with Gasteiger partial charge in [-0.25, -0.2) is 9.97 Å². The molecule has 136 valence electrons. The first-order valence-electron chi connectivity index (χ1n) is 8.79. The summed E-state index contributed by atoms with van der Waals surface area (Å²) in [7, 11) is 0. The number of nitrogens with one attached hydrogen (secondary N) is 1. The highest BCUT2D eigenvalue weighted by atomic mass is 32.1. The van der Waals surface area contributed by atoms with Crippen LogP contribution in [-0.2, 0) is 0 Å². The fourth-order valence-electron chi connectivity index (χ4n) is 3.16. The lowest BCUT2D eigenvalue weighted by Gasteiger charge is -2.08. The second kappa shape index (κ2) is 6.82. The summed E-state index contributed by atoms with van der Waals surface area (Å²) in [5.74, 6) is -0.174. The number of carbonyl (C=O) groups is 1. The van der Waals surface area contributed by atoms with Gasteiger partial charge in [0, 0.05) is 5.39 Å². The fourth-order valence-corrected chi connectivity index (χ4v) is 4.81. The van der Waals surface area contributed by atoms with E-state index in [1.807, 2.05) is 66.9 Å². The maximum absolute atomic E-state index is 13.1. The summed E-state index contributed by atoms with van der Waals surface area (Å²) >= 11 is 3.09. The summed E-state index contributed by atoms with van der Waals surface area (Å²) in [6, 6.07) is 19.7. The Bertz CT molecular complexity index is 1320. The van der Waals surface area contributed by atoms with Gasteiger partial charge in [0.2, 0.25) is 0 Å². The molecule has 0 aliphatic heterocycles. The zero-order valence-corrected chi connectivity index (χ0v) is 16.6. The number of amides is 1. The molecule has 5 aromatic rings. The first-order valence-corrected chi connectivity index (χ1v) is 10.5. The van der Waals surface area contributed by atoms with E-state index >= 15 is 0 Å². The van der Waals surface area contributed by atoms with Crippen molar-refractivity contribution < 1.29 is 4.79 Å². The molecular weight excluding hydrogens is 386 g/mol. The third-order valence-electron chi connectivity index (χ3n) is 4.50. The second-order valence-electron chi connectivity index (χ2n) is 6.49. The highest BCUT2D eigenvalue weighted by Crippen LogP contribution is 2.30. The number of aryl methyl sites for hydroxylation is 1. The molecule has 28 heavy (non-hydrogen) atoms. The summed E-state index contributed by atoms with van der Waals surface area (Å²) in [5.41, 5.74) is 4.28. The Morgan fingerprint density at radius 1 is 0.964 bits per heavy atom. The number of hydrogen-bond acceptors (Lipinski definition) is 5. The minimum atomic E-state index is -0.174. The Labute approximate surface area is 169 Å². The van der Waals surface area contributed by atoms with Crippen LogP contribution < -0.4 is 5.32 Å². The van der Waals surface area contributed by atoms with Crippen molar-refractivity contribution in [1.29, 1.82) is 0 Å². The molecule has 2 aromatic carbocycles. The van der Waals surface area contributed by atoms with Crippen molar-refractivity contribution in [3.8, 4) is 10.6 Å². The predicted molar refractivity (Wildman–Crippen MR) is 117 cm³/mol. The van der Waals surface area contributed by atoms with Crippen LogP contribution in [0.25, 0.3) is 31.7 Å². The first kappa shape index (κ1) is 17.0. The highest BCUT2D eigenvalue weighted by Gasteiger charge is 2.16. The van der Waals surface area contributed by atoms with Gasteiger partial charge in [-0.15, -0.1) is 11.3 Å². The number of hydrogen-bond donors (Lipinski definition) is 1. The summed E-state index contributed by atoms with van der Waals surface area (Å²) < 4.78 is 1.06. The van der Waals surface area contributed by atoms with Crippen molar-refractivity contribution in [2.75, 3.05) is 5.32 Å². The van der Waals surface area contributed by atoms with E-state index in [-0.39, 0.29) is 5.91 Å². The average Bonchev–Trinajstić information content (AvgIpc) is 3.36. The minimum absolute atomic E-state index is 0.174. The molecule has 6 heteroatoms. The van der Waals surface area contributed by atoms with Crippen molar-refractivity contribution in [2.45, 2.75) is 6.92 Å². The molecular formula is C22H15N3OS2. The molecule has 3 heterocycles. The van der Waals surface area contributed by atoms with E-state index in [2.05, 4.69) is 16.4 Å². The van der Waals surface area contributed by atoms with Crippen LogP contribution in [0.15, 0.2) is 66.0 Å². The minimum Gasteiger partial charge on any atom is -0.298 e. The Balaban J connectivity index is 1.57. The third-order valence-corrected chi connectivity index (χ3v) is 6.32. The zero-order chi connectivity index (χ0) is 19.1. The number of pyridine rings is 1. The largest absolute Gasteiger partial charge is 0.298 e. The standard InChI is InChI=1S/C22H15N3OS2/c1-13-8-9-17-20(11-13)28-22(24-17)25-21(26)15-12-18(19-7-4-10-27-19)23-16-6-3-2-5-14(15)16/h2-12H,1H3,(H,24,25,26). The van der Waals surface area contributed by atoms with E-state index in [4.69, 9.17) is 4.98 Å². The Kier molecular flexibility index (Phi) is 4.15. The van der Waals surface area contributed by atoms with Gasteiger partial charge in [0.1, 0.15) is 0 Å². The van der Waals surface area contributed by atoms with Gasteiger partial charge in [-0.05, 0) is 48.2 Å². The fraction of sp³-hybridized carbons (Fsp3) is 0.0455. The number of aromatic nitrogens is 2. The van der Waals surface area contributed by atoms with Crippen LogP contribution in [0.5, 0.6) is 0 Å². The molecule has 0 spiro atoms. The molecule has 1 N–H and O–H groups in total. The lowest BCUT2D eigenvalue weighted by atomic mass is 10.1. The quantitative estimate of drug-likeness (QED) is 0.395. The number of nitrogens with zero attached hydrogens (tertiary/aromatic N) is 2. The smallest absolute Gasteiger partial charge is 0.258 e. The van der Waals surface area contributed by atoms with E-state index in [0.717, 1.165) is 31.7 Å². The van der Waals surface area contributed by atoms with E-state index in [9.17, 15) is 4.79 Å². The number of thiazole rings is 1. The molecule has 0 bridgehead atoms. The zero-order valence-electron chi connectivity index (χ0n) is 15.0. The van der Waals surface area contributed by atoms with Gasteiger partial charge in [-0.2, -0.15) is 0 Å². The van der Waals surface area contributed by atoms with Gasteiger partial charge in [-0.3, -0.25) is 10.1 Å². The van der Waals surface area contributed by atoms with Crippen molar-refractivity contribution in [3.63, 3.8) is 0 Å². The molecule has 0 aliphatic rings. The molecule has 3 aromatic heterocycles. The molecule has 0 atom stereocenters.